The molecule has 2 amide bonds. The average Bonchev–Trinajstić information content (AvgIpc) is 3.52. The average molecular weight is 659 g/mol. The number of hydrogen-bond donors (Lipinski definition) is 1. The van der Waals surface area contributed by atoms with Gasteiger partial charge in [0.1, 0.15) is 12.2 Å². The zero-order valence-electron chi connectivity index (χ0n) is 30.3. The Labute approximate surface area is 285 Å². The van der Waals surface area contributed by atoms with E-state index in [2.05, 4.69) is 62.8 Å². The predicted octanol–water partition coefficient (Wildman–Crippen LogP) is 7.06. The molecule has 11 heteroatoms. The van der Waals surface area contributed by atoms with Gasteiger partial charge in [-0.2, -0.15) is 0 Å². The Morgan fingerprint density at radius 2 is 1.73 bits per heavy atom. The molecule has 258 valence electrons. The molecule has 0 bridgehead atoms. The van der Waals surface area contributed by atoms with Crippen LogP contribution in [-0.4, -0.2) is 89.0 Å². The van der Waals surface area contributed by atoms with Crippen LogP contribution in [0.15, 0.2) is 66.3 Å². The van der Waals surface area contributed by atoms with Gasteiger partial charge in [-0.3, -0.25) is 9.69 Å². The summed E-state index contributed by atoms with van der Waals surface area (Å²) in [6.45, 7) is 18.0. The number of nitrogens with one attached hydrogen (secondary N) is 1. The molecule has 1 N–H and O–H groups in total. The Morgan fingerprint density at radius 1 is 1.06 bits per heavy atom. The molecule has 0 radical (unpaired) electrons. The highest BCUT2D eigenvalue weighted by atomic mass is 16.7. The fourth-order valence-corrected chi connectivity index (χ4v) is 5.29. The van der Waals surface area contributed by atoms with Gasteiger partial charge in [0.2, 0.25) is 11.8 Å². The van der Waals surface area contributed by atoms with E-state index >= 15 is 0 Å². The van der Waals surface area contributed by atoms with Crippen molar-refractivity contribution in [1.29, 1.82) is 0 Å². The van der Waals surface area contributed by atoms with E-state index in [0.717, 1.165) is 33.2 Å². The number of fused-ring (bicyclic) bond motifs is 1. The third kappa shape index (κ3) is 8.68. The largest absolute Gasteiger partial charge is 0.491 e. The minimum absolute atomic E-state index is 0.169. The number of amides is 2. The lowest BCUT2D eigenvalue weighted by atomic mass is 9.71. The number of para-hydroxylation sites is 1. The van der Waals surface area contributed by atoms with Crippen LogP contribution in [0.25, 0.3) is 16.5 Å². The summed E-state index contributed by atoms with van der Waals surface area (Å²) in [5, 5.41) is 1.10. The predicted molar refractivity (Wildman–Crippen MR) is 191 cm³/mol. The number of H-pyrrole nitrogens is 1. The molecule has 10 nitrogen and oxygen atoms in total. The summed E-state index contributed by atoms with van der Waals surface area (Å²) in [5.41, 5.74) is 3.20. The van der Waals surface area contributed by atoms with Crippen LogP contribution >= 0.6 is 0 Å². The molecule has 0 saturated carbocycles. The monoisotopic (exact) mass is 658 g/mol. The Bertz CT molecular complexity index is 1600. The SMILES string of the molecule is CC/C(B1OC(C)(C)C(C)(C)O1)=C(/c1ccc(OCCN(C(=O)OC(C)(C)C)C(C)/C=C/C(=O)N(C)C)nc1)c1cc2ccccc2[nH]1. The van der Waals surface area contributed by atoms with Gasteiger partial charge in [-0.25, -0.2) is 9.78 Å². The van der Waals surface area contributed by atoms with E-state index in [-0.39, 0.29) is 19.1 Å². The van der Waals surface area contributed by atoms with Crippen molar-refractivity contribution in [3.05, 3.63) is 77.5 Å². The molecule has 3 aromatic rings. The number of pyridine rings is 1. The van der Waals surface area contributed by atoms with Crippen LogP contribution in [-0.2, 0) is 18.8 Å². The van der Waals surface area contributed by atoms with Crippen LogP contribution in [0.3, 0.4) is 0 Å². The van der Waals surface area contributed by atoms with Crippen molar-refractivity contribution in [3.63, 3.8) is 0 Å². The fourth-order valence-electron chi connectivity index (χ4n) is 5.29. The number of carbonyl (C=O) groups excluding carboxylic acids is 2. The second-order valence-electron chi connectivity index (χ2n) is 14.4. The van der Waals surface area contributed by atoms with Gasteiger partial charge < -0.3 is 28.7 Å². The number of carbonyl (C=O) groups is 2. The van der Waals surface area contributed by atoms with Crippen LogP contribution in [0.5, 0.6) is 5.88 Å². The van der Waals surface area contributed by atoms with Gasteiger partial charge in [-0.1, -0.05) is 31.2 Å². The molecule has 48 heavy (non-hydrogen) atoms. The third-order valence-corrected chi connectivity index (χ3v) is 8.72. The number of hydrogen-bond acceptors (Lipinski definition) is 7. The Balaban J connectivity index is 1.59. The van der Waals surface area contributed by atoms with Crippen LogP contribution in [0.2, 0.25) is 0 Å². The first kappa shape index (κ1) is 36.7. The minimum atomic E-state index is -0.676. The molecule has 1 aliphatic heterocycles. The first-order valence-corrected chi connectivity index (χ1v) is 16.6. The first-order valence-electron chi connectivity index (χ1n) is 16.6. The van der Waals surface area contributed by atoms with Crippen molar-refractivity contribution in [1.82, 2.24) is 19.8 Å². The number of benzene rings is 1. The van der Waals surface area contributed by atoms with E-state index in [0.29, 0.717) is 12.3 Å². The number of likely N-dealkylation sites (N-methyl/N-ethyl adjacent to an activating group) is 1. The minimum Gasteiger partial charge on any atom is -0.476 e. The number of rotatable bonds is 11. The zero-order chi connectivity index (χ0) is 35.4. The summed E-state index contributed by atoms with van der Waals surface area (Å²) in [5.74, 6) is 0.246. The van der Waals surface area contributed by atoms with Crippen molar-refractivity contribution in [2.75, 3.05) is 27.2 Å². The molecule has 0 spiro atoms. The van der Waals surface area contributed by atoms with E-state index in [9.17, 15) is 9.59 Å². The van der Waals surface area contributed by atoms with Gasteiger partial charge in [0.15, 0.2) is 0 Å². The summed E-state index contributed by atoms with van der Waals surface area (Å²) in [7, 11) is 2.82. The van der Waals surface area contributed by atoms with E-state index in [4.69, 9.17) is 18.8 Å². The van der Waals surface area contributed by atoms with E-state index in [1.807, 2.05) is 52.0 Å². The fraction of sp³-hybridized carbons (Fsp3) is 0.486. The first-order chi connectivity index (χ1) is 22.4. The molecular weight excluding hydrogens is 607 g/mol. The van der Waals surface area contributed by atoms with E-state index in [1.165, 1.54) is 15.9 Å². The number of aromatic amines is 1. The molecule has 1 aromatic carbocycles. The lowest BCUT2D eigenvalue weighted by molar-refractivity contribution is -0.123. The zero-order valence-corrected chi connectivity index (χ0v) is 30.3. The van der Waals surface area contributed by atoms with Crippen LogP contribution in [0.1, 0.15) is 80.0 Å². The standard InChI is InChI=1S/C37H51BN4O6/c1-12-28(38-47-36(6,7)37(8,9)48-38)33(30-23-26-15-13-14-16-29(26)40-30)27-18-19-31(39-24-27)45-22-21-42(34(44)46-35(3,4)5)25(2)17-20-32(43)41(10)11/h13-20,23-25,40H,12,21-22H2,1-11H3/b20-17+,33-28+. The summed E-state index contributed by atoms with van der Waals surface area (Å²) in [6.07, 6.45) is 5.14. The number of ether oxygens (including phenoxy) is 2. The molecule has 3 heterocycles. The number of nitrogens with zero attached hydrogens (tertiary/aromatic N) is 3. The second-order valence-corrected chi connectivity index (χ2v) is 14.4. The van der Waals surface area contributed by atoms with Crippen molar-refractivity contribution in [2.45, 2.75) is 91.6 Å². The summed E-state index contributed by atoms with van der Waals surface area (Å²) in [4.78, 5) is 36.5. The van der Waals surface area contributed by atoms with Crippen LogP contribution < -0.4 is 4.74 Å². The van der Waals surface area contributed by atoms with Crippen LogP contribution in [0.4, 0.5) is 4.79 Å². The molecule has 1 unspecified atom stereocenters. The van der Waals surface area contributed by atoms with Crippen molar-refractivity contribution < 1.29 is 28.4 Å². The molecule has 0 aliphatic carbocycles. The highest BCUT2D eigenvalue weighted by molar-refractivity contribution is 6.56. The maximum atomic E-state index is 13.1. The second kappa shape index (κ2) is 14.6. The van der Waals surface area contributed by atoms with Gasteiger partial charge in [-0.05, 0) is 85.5 Å². The number of aromatic nitrogens is 2. The van der Waals surface area contributed by atoms with Gasteiger partial charge in [-0.15, -0.1) is 0 Å². The Morgan fingerprint density at radius 3 is 2.29 bits per heavy atom. The normalized spacial score (nSPS) is 16.9. The lowest BCUT2D eigenvalue weighted by Gasteiger charge is -2.32. The highest BCUT2D eigenvalue weighted by Crippen LogP contribution is 2.42. The highest BCUT2D eigenvalue weighted by Gasteiger charge is 2.52. The molecule has 1 saturated heterocycles. The summed E-state index contributed by atoms with van der Waals surface area (Å²) in [6, 6.07) is 13.7. The molecule has 1 aliphatic rings. The Hall–Kier alpha value is -4.09. The third-order valence-electron chi connectivity index (χ3n) is 8.72. The lowest BCUT2D eigenvalue weighted by Crippen LogP contribution is -2.43. The summed E-state index contributed by atoms with van der Waals surface area (Å²) < 4.78 is 24.7. The molecule has 2 aromatic heterocycles. The van der Waals surface area contributed by atoms with Crippen molar-refractivity contribution in [3.8, 4) is 5.88 Å². The molecular formula is C37H51BN4O6. The van der Waals surface area contributed by atoms with E-state index < -0.39 is 36.1 Å². The van der Waals surface area contributed by atoms with Gasteiger partial charge in [0, 0.05) is 60.2 Å². The molecule has 1 fully saturated rings. The molecule has 4 rings (SSSR count). The maximum Gasteiger partial charge on any atom is 0.491 e. The van der Waals surface area contributed by atoms with Crippen molar-refractivity contribution >= 4 is 35.6 Å². The van der Waals surface area contributed by atoms with Gasteiger partial charge in [0.05, 0.1) is 23.8 Å². The van der Waals surface area contributed by atoms with Crippen molar-refractivity contribution in [2.24, 2.45) is 0 Å². The Kier molecular flexibility index (Phi) is 11.2. The van der Waals surface area contributed by atoms with Gasteiger partial charge >= 0.3 is 13.2 Å². The smallest absolute Gasteiger partial charge is 0.476 e. The molecule has 1 atom stereocenters. The van der Waals surface area contributed by atoms with Gasteiger partial charge in [0.25, 0.3) is 0 Å². The maximum absolute atomic E-state index is 13.1. The van der Waals surface area contributed by atoms with E-state index in [1.54, 1.807) is 26.4 Å². The topological polar surface area (TPSA) is 106 Å². The summed E-state index contributed by atoms with van der Waals surface area (Å²) >= 11 is 0. The van der Waals surface area contributed by atoms with Crippen LogP contribution in [0, 0.1) is 0 Å². The quantitative estimate of drug-likeness (QED) is 0.174. The number of allylic oxidation sites excluding steroid dienone is 1.